The van der Waals surface area contributed by atoms with Crippen LogP contribution in [0.5, 0.6) is 0 Å². The maximum absolute atomic E-state index is 12.8. The van der Waals surface area contributed by atoms with E-state index in [1.165, 1.54) is 5.57 Å². The lowest BCUT2D eigenvalue weighted by atomic mass is 9.88. The van der Waals surface area contributed by atoms with Crippen molar-refractivity contribution in [3.05, 3.63) is 52.9 Å². The quantitative estimate of drug-likeness (QED) is 0.893. The third-order valence-corrected chi connectivity index (χ3v) is 5.34. The third kappa shape index (κ3) is 3.56. The van der Waals surface area contributed by atoms with E-state index in [1.807, 2.05) is 31.3 Å². The predicted molar refractivity (Wildman–Crippen MR) is 107 cm³/mol. The van der Waals surface area contributed by atoms with Gasteiger partial charge in [-0.2, -0.15) is 5.10 Å². The van der Waals surface area contributed by atoms with Gasteiger partial charge in [0.2, 0.25) is 0 Å². The Morgan fingerprint density at radius 3 is 2.85 bits per heavy atom. The molecule has 140 valence electrons. The van der Waals surface area contributed by atoms with Gasteiger partial charge in [0.05, 0.1) is 5.69 Å². The molecule has 1 aliphatic carbocycles. The van der Waals surface area contributed by atoms with Crippen molar-refractivity contribution in [3.8, 4) is 0 Å². The minimum atomic E-state index is -0.0864. The molecule has 1 unspecified atom stereocenters. The standard InChI is InChI=1S/C21H25N5O/c1-13(2)15-5-6-18-16(10-15)11-22-20(18)21(27)23-17-8-9-26(12-17)19-7-4-14(3)24-25-19/h4-7,10-11,13,16-17H,8-9,12H2,1-3H3,(H,23,27)/t16?,17-/m0/s1. The number of aryl methyl sites for hydroxylation is 1. The highest BCUT2D eigenvalue weighted by Crippen LogP contribution is 2.31. The third-order valence-electron chi connectivity index (χ3n) is 5.34. The van der Waals surface area contributed by atoms with Crippen LogP contribution in [0.15, 0.2) is 52.2 Å². The molecule has 0 radical (unpaired) electrons. The van der Waals surface area contributed by atoms with E-state index in [1.54, 1.807) is 0 Å². The minimum Gasteiger partial charge on any atom is -0.353 e. The Balaban J connectivity index is 1.41. The smallest absolute Gasteiger partial charge is 0.270 e. The minimum absolute atomic E-state index is 0.0864. The number of nitrogens with zero attached hydrogens (tertiary/aromatic N) is 4. The van der Waals surface area contributed by atoms with Gasteiger partial charge in [-0.25, -0.2) is 0 Å². The number of nitrogens with one attached hydrogen (secondary N) is 1. The molecule has 4 rings (SSSR count). The van der Waals surface area contributed by atoms with Gasteiger partial charge in [0, 0.05) is 31.3 Å². The van der Waals surface area contributed by atoms with Crippen molar-refractivity contribution in [2.24, 2.45) is 16.8 Å². The molecule has 2 aliphatic heterocycles. The average molecular weight is 363 g/mol. The molecule has 2 atom stereocenters. The number of rotatable bonds is 4. The fourth-order valence-electron chi connectivity index (χ4n) is 3.71. The first kappa shape index (κ1) is 17.6. The first-order valence-electron chi connectivity index (χ1n) is 9.55. The summed E-state index contributed by atoms with van der Waals surface area (Å²) in [7, 11) is 0. The lowest BCUT2D eigenvalue weighted by molar-refractivity contribution is -0.118. The molecule has 1 amide bonds. The molecule has 1 aromatic rings. The summed E-state index contributed by atoms with van der Waals surface area (Å²) >= 11 is 0. The SMILES string of the molecule is Cc1ccc(N2CC[C@H](NC(=O)C3=C4C=CC(C(C)C)=CC4C=N3)C2)nn1. The molecule has 1 fully saturated rings. The van der Waals surface area contributed by atoms with Crippen molar-refractivity contribution in [2.45, 2.75) is 33.2 Å². The number of fused-ring (bicyclic) bond motifs is 1. The molecule has 27 heavy (non-hydrogen) atoms. The number of anilines is 1. The predicted octanol–water partition coefficient (Wildman–Crippen LogP) is 2.59. The molecule has 3 heterocycles. The highest BCUT2D eigenvalue weighted by Gasteiger charge is 2.30. The van der Waals surface area contributed by atoms with Crippen LogP contribution in [0.25, 0.3) is 0 Å². The Morgan fingerprint density at radius 2 is 2.11 bits per heavy atom. The second kappa shape index (κ2) is 7.10. The van der Waals surface area contributed by atoms with Crippen molar-refractivity contribution in [1.82, 2.24) is 15.5 Å². The summed E-state index contributed by atoms with van der Waals surface area (Å²) in [4.78, 5) is 19.4. The van der Waals surface area contributed by atoms with Crippen LogP contribution in [-0.2, 0) is 4.79 Å². The van der Waals surface area contributed by atoms with Gasteiger partial charge >= 0.3 is 0 Å². The number of aromatic nitrogens is 2. The Hall–Kier alpha value is -2.76. The van der Waals surface area contributed by atoms with Crippen LogP contribution >= 0.6 is 0 Å². The summed E-state index contributed by atoms with van der Waals surface area (Å²) in [5.74, 6) is 1.37. The van der Waals surface area contributed by atoms with Gasteiger partial charge in [0.25, 0.3) is 5.91 Å². The molecule has 0 aromatic carbocycles. The maximum atomic E-state index is 12.8. The number of hydrogen-bond donors (Lipinski definition) is 1. The van der Waals surface area contributed by atoms with E-state index in [0.29, 0.717) is 11.6 Å². The number of carbonyl (C=O) groups excluding carboxylic acids is 1. The van der Waals surface area contributed by atoms with E-state index in [0.717, 1.165) is 36.6 Å². The normalized spacial score (nSPS) is 23.9. The molecular weight excluding hydrogens is 338 g/mol. The molecule has 0 saturated carbocycles. The van der Waals surface area contributed by atoms with Crippen LogP contribution < -0.4 is 10.2 Å². The fourth-order valence-corrected chi connectivity index (χ4v) is 3.71. The number of hydrogen-bond acceptors (Lipinski definition) is 5. The van der Waals surface area contributed by atoms with Crippen LogP contribution in [0, 0.1) is 18.8 Å². The van der Waals surface area contributed by atoms with Crippen molar-refractivity contribution in [2.75, 3.05) is 18.0 Å². The number of aliphatic imine (C=N–C) groups is 1. The van der Waals surface area contributed by atoms with E-state index in [-0.39, 0.29) is 17.9 Å². The van der Waals surface area contributed by atoms with Gasteiger partial charge < -0.3 is 10.2 Å². The topological polar surface area (TPSA) is 70.5 Å². The Morgan fingerprint density at radius 1 is 1.26 bits per heavy atom. The van der Waals surface area contributed by atoms with Crippen molar-refractivity contribution < 1.29 is 4.79 Å². The van der Waals surface area contributed by atoms with Gasteiger partial charge in [0.15, 0.2) is 5.82 Å². The summed E-state index contributed by atoms with van der Waals surface area (Å²) < 4.78 is 0. The largest absolute Gasteiger partial charge is 0.353 e. The summed E-state index contributed by atoms with van der Waals surface area (Å²) in [6.45, 7) is 7.88. The van der Waals surface area contributed by atoms with Crippen molar-refractivity contribution >= 4 is 17.9 Å². The number of carbonyl (C=O) groups is 1. The molecule has 1 saturated heterocycles. The maximum Gasteiger partial charge on any atom is 0.270 e. The second-order valence-corrected chi connectivity index (χ2v) is 7.70. The first-order valence-corrected chi connectivity index (χ1v) is 9.55. The molecule has 6 heteroatoms. The highest BCUT2D eigenvalue weighted by atomic mass is 16.2. The summed E-state index contributed by atoms with van der Waals surface area (Å²) in [5.41, 5.74) is 3.74. The van der Waals surface area contributed by atoms with Crippen molar-refractivity contribution in [1.29, 1.82) is 0 Å². The molecule has 3 aliphatic rings. The van der Waals surface area contributed by atoms with Crippen LogP contribution in [0.2, 0.25) is 0 Å². The molecular formula is C21H25N5O. The molecule has 6 nitrogen and oxygen atoms in total. The van der Waals surface area contributed by atoms with Gasteiger partial charge in [0.1, 0.15) is 5.70 Å². The zero-order valence-corrected chi connectivity index (χ0v) is 16.0. The zero-order chi connectivity index (χ0) is 19.0. The van der Waals surface area contributed by atoms with Crippen LogP contribution in [0.1, 0.15) is 26.0 Å². The van der Waals surface area contributed by atoms with Gasteiger partial charge in [-0.15, -0.1) is 5.10 Å². The van der Waals surface area contributed by atoms with E-state index in [4.69, 9.17) is 0 Å². The molecule has 0 bridgehead atoms. The first-order chi connectivity index (χ1) is 13.0. The summed E-state index contributed by atoms with van der Waals surface area (Å²) in [6, 6.07) is 4.04. The van der Waals surface area contributed by atoms with Gasteiger partial charge in [-0.1, -0.05) is 32.1 Å². The molecule has 1 aromatic heterocycles. The molecule has 0 spiro atoms. The van der Waals surface area contributed by atoms with Crippen LogP contribution in [0.3, 0.4) is 0 Å². The fraction of sp³-hybridized carbons (Fsp3) is 0.429. The summed E-state index contributed by atoms with van der Waals surface area (Å²) in [6.07, 6.45) is 9.12. The highest BCUT2D eigenvalue weighted by molar-refractivity contribution is 5.99. The van der Waals surface area contributed by atoms with Gasteiger partial charge in [-0.05, 0) is 42.5 Å². The number of amides is 1. The second-order valence-electron chi connectivity index (χ2n) is 7.70. The van der Waals surface area contributed by atoms with Crippen LogP contribution in [-0.4, -0.2) is 41.5 Å². The summed E-state index contributed by atoms with van der Waals surface area (Å²) in [5, 5.41) is 11.5. The lowest BCUT2D eigenvalue weighted by Gasteiger charge is -2.18. The Bertz CT molecular complexity index is 863. The van der Waals surface area contributed by atoms with Crippen LogP contribution in [0.4, 0.5) is 5.82 Å². The zero-order valence-electron chi connectivity index (χ0n) is 16.0. The lowest BCUT2D eigenvalue weighted by Crippen LogP contribution is -2.38. The van der Waals surface area contributed by atoms with Crippen molar-refractivity contribution in [3.63, 3.8) is 0 Å². The Kier molecular flexibility index (Phi) is 4.64. The van der Waals surface area contributed by atoms with E-state index in [9.17, 15) is 4.79 Å². The van der Waals surface area contributed by atoms with E-state index in [2.05, 4.69) is 51.4 Å². The van der Waals surface area contributed by atoms with Gasteiger partial charge in [-0.3, -0.25) is 9.79 Å². The average Bonchev–Trinajstić information content (AvgIpc) is 3.28. The Labute approximate surface area is 159 Å². The monoisotopic (exact) mass is 363 g/mol. The molecule has 1 N–H and O–H groups in total. The van der Waals surface area contributed by atoms with E-state index >= 15 is 0 Å². The number of allylic oxidation sites excluding steroid dienone is 5. The van der Waals surface area contributed by atoms with E-state index < -0.39 is 0 Å².